The number of benzene rings is 1. The van der Waals surface area contributed by atoms with Crippen molar-refractivity contribution in [3.8, 4) is 5.75 Å². The molecule has 3 amide bonds. The van der Waals surface area contributed by atoms with Gasteiger partial charge in [0.25, 0.3) is 5.91 Å². The van der Waals surface area contributed by atoms with E-state index in [1.165, 1.54) is 0 Å². The van der Waals surface area contributed by atoms with Crippen molar-refractivity contribution in [3.63, 3.8) is 0 Å². The topological polar surface area (TPSA) is 96.5 Å². The molecule has 0 aromatic heterocycles. The Kier molecular flexibility index (Phi) is 6.56. The van der Waals surface area contributed by atoms with Gasteiger partial charge in [0.1, 0.15) is 5.75 Å². The van der Waals surface area contributed by atoms with Crippen LogP contribution in [0.15, 0.2) is 22.7 Å². The van der Waals surface area contributed by atoms with Crippen LogP contribution in [0.2, 0.25) is 0 Å². The van der Waals surface area contributed by atoms with Crippen molar-refractivity contribution >= 4 is 33.7 Å². The van der Waals surface area contributed by atoms with Crippen molar-refractivity contribution in [1.82, 2.24) is 16.2 Å². The molecule has 0 radical (unpaired) electrons. The Morgan fingerprint density at radius 3 is 2.35 bits per heavy atom. The lowest BCUT2D eigenvalue weighted by Gasteiger charge is -2.19. The van der Waals surface area contributed by atoms with Gasteiger partial charge < -0.3 is 10.1 Å². The van der Waals surface area contributed by atoms with E-state index in [1.54, 1.807) is 39.0 Å². The van der Waals surface area contributed by atoms with E-state index in [9.17, 15) is 14.4 Å². The van der Waals surface area contributed by atoms with E-state index >= 15 is 0 Å². The van der Waals surface area contributed by atoms with Crippen LogP contribution in [0.3, 0.4) is 0 Å². The minimum absolute atomic E-state index is 0.289. The van der Waals surface area contributed by atoms with E-state index in [0.717, 1.165) is 10.0 Å². The molecule has 1 rings (SSSR count). The van der Waals surface area contributed by atoms with E-state index in [1.807, 2.05) is 12.3 Å². The molecular weight excluding hydrogens is 366 g/mol. The van der Waals surface area contributed by atoms with Gasteiger partial charge in [-0.15, -0.1) is 0 Å². The summed E-state index contributed by atoms with van der Waals surface area (Å²) in [7, 11) is 0. The molecule has 0 bridgehead atoms. The first-order valence-electron chi connectivity index (χ1n) is 6.89. The molecule has 1 aromatic rings. The van der Waals surface area contributed by atoms with Gasteiger partial charge in [0.05, 0.1) is 0 Å². The highest BCUT2D eigenvalue weighted by Crippen LogP contribution is 2.21. The fourth-order valence-electron chi connectivity index (χ4n) is 1.47. The lowest BCUT2D eigenvalue weighted by molar-refractivity contribution is -0.141. The number of carbonyl (C=O) groups excluding carboxylic acids is 3. The predicted octanol–water partition coefficient (Wildman–Crippen LogP) is 1.20. The van der Waals surface area contributed by atoms with Crippen molar-refractivity contribution in [2.45, 2.75) is 33.2 Å². The van der Waals surface area contributed by atoms with Gasteiger partial charge in [0, 0.05) is 10.0 Å². The molecule has 3 N–H and O–H groups in total. The quantitative estimate of drug-likeness (QED) is 0.537. The smallest absolute Gasteiger partial charge is 0.327 e. The largest absolute Gasteiger partial charge is 0.484 e. The van der Waals surface area contributed by atoms with Gasteiger partial charge in [0.15, 0.2) is 6.61 Å². The molecule has 8 heteroatoms. The third-order valence-electron chi connectivity index (χ3n) is 2.51. The minimum Gasteiger partial charge on any atom is -0.484 e. The number of rotatable bonds is 3. The third-order valence-corrected chi connectivity index (χ3v) is 3.40. The molecule has 0 saturated heterocycles. The summed E-state index contributed by atoms with van der Waals surface area (Å²) >= 11 is 3.36. The number of hydrogen-bond acceptors (Lipinski definition) is 4. The zero-order valence-corrected chi connectivity index (χ0v) is 15.0. The lowest BCUT2D eigenvalue weighted by atomic mass is 10.1. The Hall–Kier alpha value is -2.09. The van der Waals surface area contributed by atoms with Gasteiger partial charge in [-0.2, -0.15) is 0 Å². The maximum Gasteiger partial charge on any atom is 0.327 e. The molecular formula is C15H20BrN3O4. The number of nitrogens with one attached hydrogen (secondary N) is 3. The zero-order chi connectivity index (χ0) is 17.6. The fraction of sp³-hybridized carbons (Fsp3) is 0.400. The first-order chi connectivity index (χ1) is 10.6. The molecule has 0 saturated carbocycles. The molecule has 0 spiro atoms. The fourth-order valence-corrected chi connectivity index (χ4v) is 1.72. The molecule has 0 unspecified atom stereocenters. The van der Waals surface area contributed by atoms with Gasteiger partial charge in [-0.05, 0) is 51.5 Å². The Morgan fingerprint density at radius 2 is 1.78 bits per heavy atom. The molecule has 0 aliphatic heterocycles. The minimum atomic E-state index is -0.951. The van der Waals surface area contributed by atoms with Crippen LogP contribution in [0.5, 0.6) is 5.75 Å². The Bertz CT molecular complexity index is 611. The zero-order valence-electron chi connectivity index (χ0n) is 13.5. The van der Waals surface area contributed by atoms with E-state index < -0.39 is 23.3 Å². The van der Waals surface area contributed by atoms with Crippen molar-refractivity contribution < 1.29 is 19.1 Å². The summed E-state index contributed by atoms with van der Waals surface area (Å²) in [5.41, 5.74) is 4.56. The Labute approximate surface area is 143 Å². The predicted molar refractivity (Wildman–Crippen MR) is 88.6 cm³/mol. The molecule has 1 aromatic carbocycles. The van der Waals surface area contributed by atoms with Gasteiger partial charge in [-0.25, -0.2) is 0 Å². The highest BCUT2D eigenvalue weighted by atomic mass is 79.9. The van der Waals surface area contributed by atoms with Crippen molar-refractivity contribution in [2.75, 3.05) is 6.61 Å². The standard InChI is InChI=1S/C15H20BrN3O4/c1-9-7-10(5-6-11(9)16)23-8-12(20)18-19-14(22)13(21)17-15(2,3)4/h5-7H,8H2,1-4H3,(H,17,21)(H,18,20)(H,19,22). The van der Waals surface area contributed by atoms with E-state index in [4.69, 9.17) is 4.74 Å². The molecule has 0 atom stereocenters. The molecule has 0 fully saturated rings. The van der Waals surface area contributed by atoms with E-state index in [0.29, 0.717) is 5.75 Å². The van der Waals surface area contributed by atoms with Crippen LogP contribution in [0, 0.1) is 6.92 Å². The van der Waals surface area contributed by atoms with Crippen molar-refractivity contribution in [2.24, 2.45) is 0 Å². The van der Waals surface area contributed by atoms with Crippen LogP contribution in [-0.2, 0) is 14.4 Å². The van der Waals surface area contributed by atoms with Crippen LogP contribution >= 0.6 is 15.9 Å². The van der Waals surface area contributed by atoms with E-state index in [2.05, 4.69) is 26.7 Å². The Balaban J connectivity index is 2.38. The normalized spacial score (nSPS) is 10.7. The number of hydrogen-bond donors (Lipinski definition) is 3. The summed E-state index contributed by atoms with van der Waals surface area (Å²) in [5.74, 6) is -1.84. The number of amides is 3. The van der Waals surface area contributed by atoms with Crippen molar-refractivity contribution in [3.05, 3.63) is 28.2 Å². The summed E-state index contributed by atoms with van der Waals surface area (Å²) in [6, 6.07) is 5.29. The average molecular weight is 386 g/mol. The second-order valence-electron chi connectivity index (χ2n) is 5.91. The highest BCUT2D eigenvalue weighted by molar-refractivity contribution is 9.10. The van der Waals surface area contributed by atoms with Crippen LogP contribution in [0.1, 0.15) is 26.3 Å². The SMILES string of the molecule is Cc1cc(OCC(=O)NNC(=O)C(=O)NC(C)(C)C)ccc1Br. The molecule has 0 aliphatic rings. The number of ether oxygens (including phenoxy) is 1. The molecule has 7 nitrogen and oxygen atoms in total. The van der Waals surface area contributed by atoms with E-state index in [-0.39, 0.29) is 6.61 Å². The van der Waals surface area contributed by atoms with Crippen molar-refractivity contribution in [1.29, 1.82) is 0 Å². The summed E-state index contributed by atoms with van der Waals surface area (Å²) in [6.45, 7) is 6.83. The molecule has 126 valence electrons. The lowest BCUT2D eigenvalue weighted by Crippen LogP contribution is -2.53. The van der Waals surface area contributed by atoms with Gasteiger partial charge in [-0.3, -0.25) is 25.2 Å². The number of carbonyl (C=O) groups is 3. The van der Waals surface area contributed by atoms with Crippen LogP contribution in [-0.4, -0.2) is 29.9 Å². The second-order valence-corrected chi connectivity index (χ2v) is 6.76. The molecule has 0 aliphatic carbocycles. The van der Waals surface area contributed by atoms with Crippen LogP contribution in [0.4, 0.5) is 0 Å². The summed E-state index contributed by atoms with van der Waals surface area (Å²) in [5, 5.41) is 2.47. The average Bonchev–Trinajstić information content (AvgIpc) is 2.44. The van der Waals surface area contributed by atoms with Crippen LogP contribution in [0.25, 0.3) is 0 Å². The monoisotopic (exact) mass is 385 g/mol. The maximum absolute atomic E-state index is 11.6. The third kappa shape index (κ3) is 7.14. The number of hydrazine groups is 1. The molecule has 23 heavy (non-hydrogen) atoms. The Morgan fingerprint density at radius 1 is 1.13 bits per heavy atom. The summed E-state index contributed by atoms with van der Waals surface area (Å²) in [4.78, 5) is 34.6. The van der Waals surface area contributed by atoms with Gasteiger partial charge >= 0.3 is 11.8 Å². The summed E-state index contributed by atoms with van der Waals surface area (Å²) in [6.07, 6.45) is 0. The molecule has 0 heterocycles. The number of aryl methyl sites for hydroxylation is 1. The first-order valence-corrected chi connectivity index (χ1v) is 7.68. The first kappa shape index (κ1) is 19.0. The van der Waals surface area contributed by atoms with Crippen LogP contribution < -0.4 is 20.9 Å². The number of halogens is 1. The second kappa shape index (κ2) is 7.96. The highest BCUT2D eigenvalue weighted by Gasteiger charge is 2.20. The maximum atomic E-state index is 11.6. The summed E-state index contributed by atoms with van der Waals surface area (Å²) < 4.78 is 6.23. The van der Waals surface area contributed by atoms with Gasteiger partial charge in [-0.1, -0.05) is 15.9 Å². The van der Waals surface area contributed by atoms with Gasteiger partial charge in [0.2, 0.25) is 0 Å².